The largest absolute Gasteiger partial charge is 0.483 e. The number of thiophene rings is 1. The topological polar surface area (TPSA) is 40.5 Å². The molecule has 0 amide bonds. The van der Waals surface area contributed by atoms with Crippen LogP contribution in [0.4, 0.5) is 0 Å². The lowest BCUT2D eigenvalue weighted by atomic mass is 9.76. The van der Waals surface area contributed by atoms with E-state index in [9.17, 15) is 0 Å². The van der Waals surface area contributed by atoms with Crippen molar-refractivity contribution < 1.29 is 9.90 Å². The van der Waals surface area contributed by atoms with E-state index in [-0.39, 0.29) is 6.47 Å². The standard InChI is InChI=1S/C25H35NS2.CH2O2/c1-18-22-15-25(2,3)14-13-23(22)28-24(18)21-12-8-7-11-20(21)17-26(27)16-19-9-5-4-6-10-19;2-1-3/h7-8,11-12,19,27H,4-6,9-10,13-17H2,1-3H3;1H,(H,2,3). The number of nitrogens with zero attached hydrogens (tertiary/aromatic N) is 1. The van der Waals surface area contributed by atoms with E-state index in [0.717, 1.165) is 19.0 Å². The summed E-state index contributed by atoms with van der Waals surface area (Å²) in [5.74, 6) is 0.830. The third kappa shape index (κ3) is 6.36. The molecule has 0 radical (unpaired) electrons. The molecule has 2 aliphatic carbocycles. The molecule has 1 aromatic carbocycles. The van der Waals surface area contributed by atoms with Crippen molar-refractivity contribution in [1.82, 2.24) is 4.31 Å². The predicted molar refractivity (Wildman–Crippen MR) is 135 cm³/mol. The Balaban J connectivity index is 0.000000858. The van der Waals surface area contributed by atoms with Gasteiger partial charge in [0, 0.05) is 22.8 Å². The van der Waals surface area contributed by atoms with Gasteiger partial charge in [-0.3, -0.25) is 4.79 Å². The van der Waals surface area contributed by atoms with Crippen LogP contribution in [0.2, 0.25) is 0 Å². The first-order chi connectivity index (χ1) is 14.8. The molecule has 0 unspecified atom stereocenters. The number of carboxylic acid groups (broad SMARTS) is 1. The smallest absolute Gasteiger partial charge is 0.290 e. The first-order valence-corrected chi connectivity index (χ1v) is 12.8. The van der Waals surface area contributed by atoms with E-state index >= 15 is 0 Å². The number of aryl methyl sites for hydroxylation is 1. The molecule has 0 saturated heterocycles. The fraction of sp³-hybridized carbons (Fsp3) is 0.577. The average Bonchev–Trinajstić information content (AvgIpc) is 3.04. The second kappa shape index (κ2) is 11.0. The fourth-order valence-corrected chi connectivity index (χ4v) is 6.89. The molecule has 1 saturated carbocycles. The summed E-state index contributed by atoms with van der Waals surface area (Å²) < 4.78 is 2.26. The second-order valence-corrected chi connectivity index (χ2v) is 11.6. The van der Waals surface area contributed by atoms with Gasteiger partial charge < -0.3 is 5.11 Å². The van der Waals surface area contributed by atoms with Crippen LogP contribution in [0.5, 0.6) is 0 Å². The Kier molecular flexibility index (Phi) is 8.65. The van der Waals surface area contributed by atoms with Crippen molar-refractivity contribution in [1.29, 1.82) is 0 Å². The van der Waals surface area contributed by atoms with E-state index in [1.54, 1.807) is 10.4 Å². The van der Waals surface area contributed by atoms with Crippen LogP contribution in [-0.2, 0) is 24.2 Å². The van der Waals surface area contributed by atoms with E-state index < -0.39 is 0 Å². The normalized spacial score (nSPS) is 18.2. The van der Waals surface area contributed by atoms with Crippen LogP contribution in [0.3, 0.4) is 0 Å². The Labute approximate surface area is 197 Å². The zero-order valence-electron chi connectivity index (χ0n) is 19.2. The number of thiol groups is 1. The van der Waals surface area contributed by atoms with Gasteiger partial charge >= 0.3 is 0 Å². The van der Waals surface area contributed by atoms with Gasteiger partial charge in [-0.05, 0) is 72.6 Å². The van der Waals surface area contributed by atoms with Gasteiger partial charge in [-0.1, -0.05) is 70.2 Å². The predicted octanol–water partition coefficient (Wildman–Crippen LogP) is 7.17. The van der Waals surface area contributed by atoms with Gasteiger partial charge in [0.25, 0.3) is 6.47 Å². The van der Waals surface area contributed by atoms with Gasteiger partial charge in [-0.15, -0.1) is 11.3 Å². The molecule has 2 aliphatic rings. The van der Waals surface area contributed by atoms with Crippen LogP contribution >= 0.6 is 24.2 Å². The number of fused-ring (bicyclic) bond motifs is 1. The quantitative estimate of drug-likeness (QED) is 0.368. The maximum Gasteiger partial charge on any atom is 0.290 e. The number of benzene rings is 1. The molecule has 1 fully saturated rings. The Morgan fingerprint density at radius 2 is 1.90 bits per heavy atom. The van der Waals surface area contributed by atoms with Crippen LogP contribution in [0.1, 0.15) is 73.9 Å². The van der Waals surface area contributed by atoms with Gasteiger partial charge in [-0.25, -0.2) is 4.31 Å². The zero-order valence-corrected chi connectivity index (χ0v) is 20.9. The molecule has 0 aliphatic heterocycles. The van der Waals surface area contributed by atoms with Gasteiger partial charge in [0.2, 0.25) is 0 Å². The summed E-state index contributed by atoms with van der Waals surface area (Å²) in [5, 5.41) is 6.89. The molecule has 170 valence electrons. The van der Waals surface area contributed by atoms with E-state index in [0.29, 0.717) is 5.41 Å². The van der Waals surface area contributed by atoms with E-state index in [1.165, 1.54) is 72.9 Å². The Morgan fingerprint density at radius 3 is 2.61 bits per heavy atom. The molecule has 0 atom stereocenters. The SMILES string of the molecule is Cc1c(-c2ccccc2CN(S)CC2CCCCC2)sc2c1CC(C)(C)CC2.O=CO. The molecule has 1 heterocycles. The summed E-state index contributed by atoms with van der Waals surface area (Å²) in [6, 6.07) is 9.02. The van der Waals surface area contributed by atoms with Gasteiger partial charge in [0.15, 0.2) is 0 Å². The molecule has 2 aromatic rings. The molecule has 0 bridgehead atoms. The molecule has 31 heavy (non-hydrogen) atoms. The van der Waals surface area contributed by atoms with Crippen molar-refractivity contribution in [2.24, 2.45) is 11.3 Å². The van der Waals surface area contributed by atoms with Gasteiger partial charge in [0.05, 0.1) is 0 Å². The van der Waals surface area contributed by atoms with Crippen molar-refractivity contribution >= 4 is 30.6 Å². The van der Waals surface area contributed by atoms with Crippen LogP contribution < -0.4 is 0 Å². The van der Waals surface area contributed by atoms with Crippen molar-refractivity contribution in [2.45, 2.75) is 78.7 Å². The lowest BCUT2D eigenvalue weighted by Gasteiger charge is -2.29. The molecule has 0 spiro atoms. The Bertz CT molecular complexity index is 868. The van der Waals surface area contributed by atoms with Crippen molar-refractivity contribution in [2.75, 3.05) is 6.54 Å². The molecule has 3 nitrogen and oxygen atoms in total. The maximum atomic E-state index is 8.36. The minimum atomic E-state index is -0.250. The number of rotatable bonds is 5. The second-order valence-electron chi connectivity index (χ2n) is 9.91. The van der Waals surface area contributed by atoms with Gasteiger partial charge in [0.1, 0.15) is 0 Å². The fourth-order valence-electron chi connectivity index (χ4n) is 5.13. The highest BCUT2D eigenvalue weighted by Gasteiger charge is 2.29. The first kappa shape index (κ1) is 24.3. The highest BCUT2D eigenvalue weighted by atomic mass is 32.1. The molecule has 1 aromatic heterocycles. The van der Waals surface area contributed by atoms with Crippen LogP contribution in [0, 0.1) is 18.3 Å². The van der Waals surface area contributed by atoms with Gasteiger partial charge in [-0.2, -0.15) is 0 Å². The molecular formula is C26H37NO2S2. The van der Waals surface area contributed by atoms with E-state index in [1.807, 2.05) is 11.3 Å². The third-order valence-electron chi connectivity index (χ3n) is 6.85. The molecule has 1 N–H and O–H groups in total. The van der Waals surface area contributed by atoms with E-state index in [2.05, 4.69) is 49.3 Å². The van der Waals surface area contributed by atoms with Crippen LogP contribution in [-0.4, -0.2) is 22.4 Å². The van der Waals surface area contributed by atoms with Crippen molar-refractivity contribution in [3.63, 3.8) is 0 Å². The molecule has 5 heteroatoms. The number of carbonyl (C=O) groups is 1. The lowest BCUT2D eigenvalue weighted by molar-refractivity contribution is -0.122. The lowest BCUT2D eigenvalue weighted by Crippen LogP contribution is -2.23. The summed E-state index contributed by atoms with van der Waals surface area (Å²) in [6.07, 6.45) is 10.8. The number of hydrogen-bond donors (Lipinski definition) is 2. The summed E-state index contributed by atoms with van der Waals surface area (Å²) in [5.41, 5.74) is 6.46. The summed E-state index contributed by atoms with van der Waals surface area (Å²) in [6.45, 7) is 8.99. The summed E-state index contributed by atoms with van der Waals surface area (Å²) in [4.78, 5) is 11.5. The van der Waals surface area contributed by atoms with Crippen molar-refractivity contribution in [3.8, 4) is 10.4 Å². The van der Waals surface area contributed by atoms with E-state index in [4.69, 9.17) is 22.7 Å². The highest BCUT2D eigenvalue weighted by Crippen LogP contribution is 2.45. The molecule has 4 rings (SSSR count). The zero-order chi connectivity index (χ0) is 22.4. The van der Waals surface area contributed by atoms with Crippen LogP contribution in [0.15, 0.2) is 24.3 Å². The molecular weight excluding hydrogens is 422 g/mol. The average molecular weight is 460 g/mol. The Morgan fingerprint density at radius 1 is 1.23 bits per heavy atom. The minimum Gasteiger partial charge on any atom is -0.483 e. The van der Waals surface area contributed by atoms with Crippen LogP contribution in [0.25, 0.3) is 10.4 Å². The highest BCUT2D eigenvalue weighted by molar-refractivity contribution is 7.77. The maximum absolute atomic E-state index is 8.36. The minimum absolute atomic E-state index is 0.250. The summed E-state index contributed by atoms with van der Waals surface area (Å²) in [7, 11) is 0. The number of hydrogen-bond acceptors (Lipinski definition) is 4. The third-order valence-corrected chi connectivity index (χ3v) is 8.58. The summed E-state index contributed by atoms with van der Waals surface area (Å²) >= 11 is 6.92. The Hall–Kier alpha value is -1.30. The van der Waals surface area contributed by atoms with Crippen molar-refractivity contribution in [3.05, 3.63) is 45.8 Å². The first-order valence-electron chi connectivity index (χ1n) is 11.6. The monoisotopic (exact) mass is 459 g/mol.